The summed E-state index contributed by atoms with van der Waals surface area (Å²) in [6.07, 6.45) is 5.76. The summed E-state index contributed by atoms with van der Waals surface area (Å²) in [4.78, 5) is 25.8. The number of likely N-dealkylation sites (N-methyl/N-ethyl adjacent to an activating group) is 1. The summed E-state index contributed by atoms with van der Waals surface area (Å²) in [6.45, 7) is 1.47. The molecule has 28 heavy (non-hydrogen) atoms. The Morgan fingerprint density at radius 2 is 2.11 bits per heavy atom. The molecule has 142 valence electrons. The number of benzene rings is 2. The number of amidine groups is 1. The molecule has 0 saturated carbocycles. The largest absolute Gasteiger partial charge is 0.312 e. The Morgan fingerprint density at radius 3 is 2.93 bits per heavy atom. The number of aliphatic imine (C=N–C) groups is 2. The molecule has 4 rings (SSSR count). The normalized spacial score (nSPS) is 14.7. The standard InChI is InChI=1S/C22H21BrN4O/c1-26(2)10-4-5-16(28)11-15-8-9-20-17(12-15)22-25-21-7-3-6-19(23)18(21)13-27(22)14-24-20/h3-9,12,14H,10-11,13H2,1-2H3/b5-4+. The first-order valence-electron chi connectivity index (χ1n) is 9.15. The summed E-state index contributed by atoms with van der Waals surface area (Å²) < 4.78 is 1.05. The molecule has 2 aromatic rings. The van der Waals surface area contributed by atoms with Crippen LogP contribution in [0, 0.1) is 0 Å². The lowest BCUT2D eigenvalue weighted by Gasteiger charge is -2.31. The minimum absolute atomic E-state index is 0.0952. The minimum atomic E-state index is 0.0952. The summed E-state index contributed by atoms with van der Waals surface area (Å²) in [6, 6.07) is 12.0. The third kappa shape index (κ3) is 3.84. The Balaban J connectivity index is 1.63. The number of nitrogens with zero attached hydrogens (tertiary/aromatic N) is 4. The van der Waals surface area contributed by atoms with Crippen molar-refractivity contribution in [2.24, 2.45) is 9.98 Å². The van der Waals surface area contributed by atoms with Gasteiger partial charge < -0.3 is 9.80 Å². The zero-order chi connectivity index (χ0) is 19.7. The summed E-state index contributed by atoms with van der Waals surface area (Å²) >= 11 is 3.61. The Labute approximate surface area is 173 Å². The summed E-state index contributed by atoms with van der Waals surface area (Å²) in [5, 5.41) is 0. The topological polar surface area (TPSA) is 48.3 Å². The number of rotatable bonds is 5. The van der Waals surface area contributed by atoms with Crippen LogP contribution in [0.5, 0.6) is 0 Å². The fourth-order valence-electron chi connectivity index (χ4n) is 3.31. The van der Waals surface area contributed by atoms with Gasteiger partial charge in [-0.1, -0.05) is 34.1 Å². The number of hydrogen-bond donors (Lipinski definition) is 0. The molecule has 5 nitrogen and oxygen atoms in total. The molecule has 0 spiro atoms. The molecule has 6 heteroatoms. The molecule has 2 aliphatic heterocycles. The van der Waals surface area contributed by atoms with Crippen LogP contribution in [0.25, 0.3) is 0 Å². The first-order chi connectivity index (χ1) is 13.5. The van der Waals surface area contributed by atoms with E-state index in [1.807, 2.05) is 67.8 Å². The average molecular weight is 437 g/mol. The van der Waals surface area contributed by atoms with Gasteiger partial charge in [0, 0.05) is 28.6 Å². The van der Waals surface area contributed by atoms with E-state index >= 15 is 0 Å². The summed E-state index contributed by atoms with van der Waals surface area (Å²) in [7, 11) is 3.96. The van der Waals surface area contributed by atoms with Crippen LogP contribution in [0.15, 0.2) is 63.0 Å². The molecule has 2 aliphatic rings. The monoisotopic (exact) mass is 436 g/mol. The highest BCUT2D eigenvalue weighted by Crippen LogP contribution is 2.36. The van der Waals surface area contributed by atoms with Crippen molar-refractivity contribution in [3.05, 3.63) is 69.7 Å². The van der Waals surface area contributed by atoms with E-state index in [1.54, 1.807) is 6.08 Å². The van der Waals surface area contributed by atoms with Crippen LogP contribution >= 0.6 is 15.9 Å². The van der Waals surface area contributed by atoms with Gasteiger partial charge in [-0.05, 0) is 50.0 Å². The van der Waals surface area contributed by atoms with Gasteiger partial charge in [0.15, 0.2) is 5.78 Å². The van der Waals surface area contributed by atoms with Gasteiger partial charge in [0.05, 0.1) is 24.3 Å². The van der Waals surface area contributed by atoms with Crippen LogP contribution in [0.4, 0.5) is 11.4 Å². The zero-order valence-corrected chi connectivity index (χ0v) is 17.5. The molecule has 0 aliphatic carbocycles. The molecule has 0 amide bonds. The van der Waals surface area contributed by atoms with Crippen LogP contribution < -0.4 is 0 Å². The van der Waals surface area contributed by atoms with Crippen molar-refractivity contribution in [1.82, 2.24) is 9.80 Å². The Hall–Kier alpha value is -2.57. The van der Waals surface area contributed by atoms with Gasteiger partial charge in [0.2, 0.25) is 0 Å². The Kier molecular flexibility index (Phi) is 5.24. The maximum atomic E-state index is 12.3. The molecule has 2 heterocycles. The van der Waals surface area contributed by atoms with Crippen molar-refractivity contribution in [3.63, 3.8) is 0 Å². The SMILES string of the molecule is CN(C)C/C=C/C(=O)Cc1ccc2c(c1)C1=Nc3cccc(Br)c3CN1C=N2. The van der Waals surface area contributed by atoms with Gasteiger partial charge in [0.1, 0.15) is 5.84 Å². The highest BCUT2D eigenvalue weighted by Gasteiger charge is 2.26. The molecule has 0 unspecified atom stereocenters. The number of ketones is 1. The average Bonchev–Trinajstić information content (AvgIpc) is 2.67. The lowest BCUT2D eigenvalue weighted by Crippen LogP contribution is -2.34. The summed E-state index contributed by atoms with van der Waals surface area (Å²) in [5.41, 5.74) is 4.94. The molecule has 0 bridgehead atoms. The van der Waals surface area contributed by atoms with Gasteiger partial charge >= 0.3 is 0 Å². The fourth-order valence-corrected chi connectivity index (χ4v) is 3.80. The second kappa shape index (κ2) is 7.81. The second-order valence-corrected chi connectivity index (χ2v) is 8.06. The van der Waals surface area contributed by atoms with Crippen molar-refractivity contribution < 1.29 is 4.79 Å². The van der Waals surface area contributed by atoms with Crippen molar-refractivity contribution in [3.8, 4) is 0 Å². The molecule has 0 radical (unpaired) electrons. The smallest absolute Gasteiger partial charge is 0.159 e. The highest BCUT2D eigenvalue weighted by atomic mass is 79.9. The van der Waals surface area contributed by atoms with Crippen molar-refractivity contribution >= 4 is 45.3 Å². The maximum Gasteiger partial charge on any atom is 0.159 e. The highest BCUT2D eigenvalue weighted by molar-refractivity contribution is 9.10. The van der Waals surface area contributed by atoms with Gasteiger partial charge in [0.25, 0.3) is 0 Å². The van der Waals surface area contributed by atoms with E-state index in [1.165, 1.54) is 0 Å². The van der Waals surface area contributed by atoms with Crippen LogP contribution in [0.2, 0.25) is 0 Å². The number of allylic oxidation sites excluding steroid dienone is 1. The first kappa shape index (κ1) is 18.8. The predicted octanol–water partition coefficient (Wildman–Crippen LogP) is 4.25. The molecule has 0 fully saturated rings. The molecule has 2 aromatic carbocycles. The molecular formula is C22H21BrN4O. The van der Waals surface area contributed by atoms with Crippen LogP contribution in [-0.2, 0) is 17.8 Å². The van der Waals surface area contributed by atoms with E-state index < -0.39 is 0 Å². The van der Waals surface area contributed by atoms with E-state index in [2.05, 4.69) is 25.8 Å². The second-order valence-electron chi connectivity index (χ2n) is 7.20. The lowest BCUT2D eigenvalue weighted by molar-refractivity contribution is -0.114. The molecule has 0 saturated heterocycles. The Morgan fingerprint density at radius 1 is 1.25 bits per heavy atom. The van der Waals surface area contributed by atoms with Crippen LogP contribution in [0.1, 0.15) is 16.7 Å². The van der Waals surface area contributed by atoms with E-state index in [0.717, 1.165) is 51.5 Å². The van der Waals surface area contributed by atoms with Crippen molar-refractivity contribution in [1.29, 1.82) is 0 Å². The number of carbonyl (C=O) groups is 1. The van der Waals surface area contributed by atoms with Gasteiger partial charge in [-0.2, -0.15) is 0 Å². The molecule has 0 N–H and O–H groups in total. The third-order valence-electron chi connectivity index (χ3n) is 4.71. The summed E-state index contributed by atoms with van der Waals surface area (Å²) in [5.74, 6) is 0.978. The quantitative estimate of drug-likeness (QED) is 0.658. The van der Waals surface area contributed by atoms with Gasteiger partial charge in [-0.3, -0.25) is 4.79 Å². The van der Waals surface area contributed by atoms with E-state index in [4.69, 9.17) is 4.99 Å². The third-order valence-corrected chi connectivity index (χ3v) is 5.45. The van der Waals surface area contributed by atoms with Crippen LogP contribution in [-0.4, -0.2) is 48.4 Å². The van der Waals surface area contributed by atoms with Crippen molar-refractivity contribution in [2.45, 2.75) is 13.0 Å². The lowest BCUT2D eigenvalue weighted by atomic mass is 10.0. The predicted molar refractivity (Wildman–Crippen MR) is 117 cm³/mol. The van der Waals surface area contributed by atoms with Gasteiger partial charge in [-0.25, -0.2) is 9.98 Å². The number of fused-ring (bicyclic) bond motifs is 4. The van der Waals surface area contributed by atoms with E-state index in [0.29, 0.717) is 6.42 Å². The molecule has 0 aromatic heterocycles. The maximum absolute atomic E-state index is 12.3. The minimum Gasteiger partial charge on any atom is -0.312 e. The van der Waals surface area contributed by atoms with Crippen molar-refractivity contribution in [2.75, 3.05) is 20.6 Å². The number of carbonyl (C=O) groups excluding carboxylic acids is 1. The van der Waals surface area contributed by atoms with E-state index in [9.17, 15) is 4.79 Å². The van der Waals surface area contributed by atoms with Gasteiger partial charge in [-0.15, -0.1) is 0 Å². The Bertz CT molecular complexity index is 1020. The molecule has 0 atom stereocenters. The molecular weight excluding hydrogens is 416 g/mol. The number of halogens is 1. The number of hydrogen-bond acceptors (Lipinski definition) is 5. The first-order valence-corrected chi connectivity index (χ1v) is 9.95. The van der Waals surface area contributed by atoms with E-state index in [-0.39, 0.29) is 5.78 Å². The van der Waals surface area contributed by atoms with Crippen LogP contribution in [0.3, 0.4) is 0 Å². The zero-order valence-electron chi connectivity index (χ0n) is 15.9. The fraction of sp³-hybridized carbons (Fsp3) is 0.227.